The normalized spacial score (nSPS) is 9.87. The summed E-state index contributed by atoms with van der Waals surface area (Å²) in [7, 11) is 1.83. The Kier molecular flexibility index (Phi) is 2.14. The van der Waals surface area contributed by atoms with Crippen LogP contribution >= 0.6 is 0 Å². The summed E-state index contributed by atoms with van der Waals surface area (Å²) < 4.78 is 1.69. The van der Waals surface area contributed by atoms with Crippen molar-refractivity contribution in [2.45, 2.75) is 0 Å². The molecule has 1 heterocycles. The van der Waals surface area contributed by atoms with Crippen LogP contribution in [0.5, 0.6) is 5.75 Å². The first-order chi connectivity index (χ1) is 7.20. The van der Waals surface area contributed by atoms with Crippen molar-refractivity contribution in [2.75, 3.05) is 0 Å². The molecule has 0 fully saturated rings. The molecule has 1 aromatic carbocycles. The molecule has 74 valence electrons. The molecule has 2 aromatic rings. The highest BCUT2D eigenvalue weighted by Crippen LogP contribution is 2.24. The minimum atomic E-state index is -0.0133. The third-order valence-electron chi connectivity index (χ3n) is 2.13. The molecule has 0 saturated heterocycles. The predicted octanol–water partition coefficient (Wildman–Crippen LogP) is 1.66. The van der Waals surface area contributed by atoms with E-state index in [9.17, 15) is 5.11 Å². The molecule has 0 radical (unpaired) electrons. The largest absolute Gasteiger partial charge is 0.507 e. The van der Waals surface area contributed by atoms with Crippen LogP contribution in [0.2, 0.25) is 0 Å². The smallest absolute Gasteiger partial charge is 0.134 e. The van der Waals surface area contributed by atoms with Crippen molar-refractivity contribution in [2.24, 2.45) is 7.05 Å². The summed E-state index contributed by atoms with van der Waals surface area (Å²) in [6.07, 6.45) is 1.82. The Morgan fingerprint density at radius 3 is 2.73 bits per heavy atom. The summed E-state index contributed by atoms with van der Waals surface area (Å²) in [5.41, 5.74) is 1.85. The van der Waals surface area contributed by atoms with Gasteiger partial charge in [-0.25, -0.2) is 0 Å². The van der Waals surface area contributed by atoms with E-state index < -0.39 is 0 Å². The molecule has 0 bridgehead atoms. The molecular formula is C11H9N3O. The first-order valence-corrected chi connectivity index (χ1v) is 4.44. The zero-order valence-corrected chi connectivity index (χ0v) is 8.18. The van der Waals surface area contributed by atoms with Gasteiger partial charge in [-0.05, 0) is 18.2 Å². The van der Waals surface area contributed by atoms with Gasteiger partial charge in [-0.15, -0.1) is 0 Å². The Bertz CT molecular complexity index is 537. The van der Waals surface area contributed by atoms with Crippen molar-refractivity contribution in [3.05, 3.63) is 36.0 Å². The van der Waals surface area contributed by atoms with Gasteiger partial charge < -0.3 is 5.11 Å². The topological polar surface area (TPSA) is 61.8 Å². The Labute approximate surface area is 87.0 Å². The number of nitrogens with zero attached hydrogens (tertiary/aromatic N) is 3. The molecule has 0 amide bonds. The van der Waals surface area contributed by atoms with E-state index in [1.165, 1.54) is 0 Å². The Balaban J connectivity index is 2.48. The van der Waals surface area contributed by atoms with Crippen LogP contribution in [-0.2, 0) is 7.05 Å². The zero-order chi connectivity index (χ0) is 10.8. The lowest BCUT2D eigenvalue weighted by molar-refractivity contribution is 0.474. The molecule has 2 rings (SSSR count). The average Bonchev–Trinajstić information content (AvgIpc) is 2.65. The number of hydrogen-bond donors (Lipinski definition) is 1. The van der Waals surface area contributed by atoms with Crippen molar-refractivity contribution in [3.63, 3.8) is 0 Å². The molecule has 1 aromatic heterocycles. The van der Waals surface area contributed by atoms with Crippen LogP contribution in [0.3, 0.4) is 0 Å². The highest BCUT2D eigenvalue weighted by Gasteiger charge is 2.05. The fourth-order valence-corrected chi connectivity index (χ4v) is 1.35. The molecule has 0 saturated carbocycles. The van der Waals surface area contributed by atoms with Gasteiger partial charge in [0.15, 0.2) is 0 Å². The summed E-state index contributed by atoms with van der Waals surface area (Å²) in [6, 6.07) is 8.64. The molecule has 0 aliphatic heterocycles. The van der Waals surface area contributed by atoms with Crippen molar-refractivity contribution >= 4 is 0 Å². The van der Waals surface area contributed by atoms with Crippen LogP contribution in [0.25, 0.3) is 11.3 Å². The first kappa shape index (κ1) is 9.28. The summed E-state index contributed by atoms with van der Waals surface area (Å²) in [6.45, 7) is 0. The summed E-state index contributed by atoms with van der Waals surface area (Å²) in [4.78, 5) is 0. The van der Waals surface area contributed by atoms with Gasteiger partial charge in [0.2, 0.25) is 0 Å². The Hall–Kier alpha value is -2.28. The van der Waals surface area contributed by atoms with Crippen molar-refractivity contribution < 1.29 is 5.11 Å². The zero-order valence-electron chi connectivity index (χ0n) is 8.18. The number of phenolic OH excluding ortho intramolecular Hbond substituents is 1. The van der Waals surface area contributed by atoms with E-state index in [1.54, 1.807) is 22.9 Å². The summed E-state index contributed by atoms with van der Waals surface area (Å²) in [5.74, 6) is -0.0133. The average molecular weight is 199 g/mol. The van der Waals surface area contributed by atoms with E-state index in [0.717, 1.165) is 11.3 Å². The SMILES string of the molecule is Cn1ccc(-c2ccc(C#N)c(O)c2)n1. The second-order valence-electron chi connectivity index (χ2n) is 3.22. The monoisotopic (exact) mass is 199 g/mol. The molecule has 0 aliphatic rings. The second kappa shape index (κ2) is 3.46. The van der Waals surface area contributed by atoms with Gasteiger partial charge in [0, 0.05) is 18.8 Å². The minimum Gasteiger partial charge on any atom is -0.507 e. The third kappa shape index (κ3) is 1.67. The van der Waals surface area contributed by atoms with E-state index in [0.29, 0.717) is 0 Å². The van der Waals surface area contributed by atoms with Crippen molar-refractivity contribution in [1.29, 1.82) is 5.26 Å². The lowest BCUT2D eigenvalue weighted by atomic mass is 10.1. The maximum Gasteiger partial charge on any atom is 0.134 e. The quantitative estimate of drug-likeness (QED) is 0.759. The van der Waals surface area contributed by atoms with Gasteiger partial charge in [-0.1, -0.05) is 6.07 Å². The van der Waals surface area contributed by atoms with E-state index in [1.807, 2.05) is 25.4 Å². The number of benzene rings is 1. The van der Waals surface area contributed by atoms with Gasteiger partial charge >= 0.3 is 0 Å². The molecule has 4 nitrogen and oxygen atoms in total. The van der Waals surface area contributed by atoms with Crippen molar-refractivity contribution in [3.8, 4) is 23.1 Å². The van der Waals surface area contributed by atoms with E-state index in [4.69, 9.17) is 5.26 Å². The van der Waals surface area contributed by atoms with E-state index in [-0.39, 0.29) is 11.3 Å². The van der Waals surface area contributed by atoms with Crippen LogP contribution < -0.4 is 0 Å². The fraction of sp³-hybridized carbons (Fsp3) is 0.0909. The first-order valence-electron chi connectivity index (χ1n) is 4.44. The lowest BCUT2D eigenvalue weighted by Crippen LogP contribution is -1.88. The van der Waals surface area contributed by atoms with E-state index >= 15 is 0 Å². The predicted molar refractivity (Wildman–Crippen MR) is 55.0 cm³/mol. The Morgan fingerprint density at radius 2 is 2.20 bits per heavy atom. The van der Waals surface area contributed by atoms with E-state index in [2.05, 4.69) is 5.10 Å². The summed E-state index contributed by atoms with van der Waals surface area (Å²) in [5, 5.41) is 22.4. The van der Waals surface area contributed by atoms with Crippen LogP contribution in [0.4, 0.5) is 0 Å². The Morgan fingerprint density at radius 1 is 1.40 bits per heavy atom. The van der Waals surface area contributed by atoms with Gasteiger partial charge in [0.25, 0.3) is 0 Å². The van der Waals surface area contributed by atoms with Crippen LogP contribution in [0.1, 0.15) is 5.56 Å². The molecule has 15 heavy (non-hydrogen) atoms. The van der Waals surface area contributed by atoms with Crippen LogP contribution in [0, 0.1) is 11.3 Å². The number of hydrogen-bond acceptors (Lipinski definition) is 3. The number of aromatic nitrogens is 2. The second-order valence-corrected chi connectivity index (χ2v) is 3.22. The van der Waals surface area contributed by atoms with Gasteiger partial charge in [0.1, 0.15) is 11.8 Å². The highest BCUT2D eigenvalue weighted by molar-refractivity contribution is 5.63. The fourth-order valence-electron chi connectivity index (χ4n) is 1.35. The highest BCUT2D eigenvalue weighted by atomic mass is 16.3. The minimum absolute atomic E-state index is 0.0133. The number of aryl methyl sites for hydroxylation is 1. The van der Waals surface area contributed by atoms with Gasteiger partial charge in [-0.2, -0.15) is 10.4 Å². The standard InChI is InChI=1S/C11H9N3O/c1-14-5-4-10(13-14)8-2-3-9(7-12)11(15)6-8/h2-6,15H,1H3. The number of phenols is 1. The van der Waals surface area contributed by atoms with Crippen LogP contribution in [0.15, 0.2) is 30.5 Å². The third-order valence-corrected chi connectivity index (χ3v) is 2.13. The number of nitriles is 1. The molecule has 4 heteroatoms. The number of rotatable bonds is 1. The molecule has 0 atom stereocenters. The molecule has 1 N–H and O–H groups in total. The number of aromatic hydroxyl groups is 1. The summed E-state index contributed by atoms with van der Waals surface area (Å²) >= 11 is 0. The molecule has 0 aliphatic carbocycles. The molecule has 0 unspecified atom stereocenters. The van der Waals surface area contributed by atoms with Gasteiger partial charge in [0.05, 0.1) is 11.3 Å². The maximum atomic E-state index is 9.50. The van der Waals surface area contributed by atoms with Crippen LogP contribution in [-0.4, -0.2) is 14.9 Å². The molecular weight excluding hydrogens is 190 g/mol. The van der Waals surface area contributed by atoms with Crippen molar-refractivity contribution in [1.82, 2.24) is 9.78 Å². The maximum absolute atomic E-state index is 9.50. The molecule has 0 spiro atoms. The van der Waals surface area contributed by atoms with Gasteiger partial charge in [-0.3, -0.25) is 4.68 Å². The lowest BCUT2D eigenvalue weighted by Gasteiger charge is -1.99.